The topological polar surface area (TPSA) is 105 Å². The smallest absolute Gasteiger partial charge is 0.264 e. The highest BCUT2D eigenvalue weighted by atomic mass is 35.5. The van der Waals surface area contributed by atoms with E-state index in [1.165, 1.54) is 36.3 Å². The number of nitrogens with zero attached hydrogens (tertiary/aromatic N) is 2. The molecule has 0 aliphatic rings. The summed E-state index contributed by atoms with van der Waals surface area (Å²) in [5, 5.41) is 3.06. The number of benzene rings is 3. The highest BCUT2D eigenvalue weighted by Crippen LogP contribution is 2.32. The third-order valence-electron chi connectivity index (χ3n) is 6.76. The zero-order valence-corrected chi connectivity index (χ0v) is 26.2. The Morgan fingerprint density at radius 3 is 2.17 bits per heavy atom. The van der Waals surface area contributed by atoms with Crippen LogP contribution in [0.1, 0.15) is 37.8 Å². The second kappa shape index (κ2) is 14.9. The van der Waals surface area contributed by atoms with Gasteiger partial charge in [0.2, 0.25) is 11.8 Å². The summed E-state index contributed by atoms with van der Waals surface area (Å²) in [6.45, 7) is 5.59. The monoisotopic (exact) mass is 615 g/mol. The van der Waals surface area contributed by atoms with Gasteiger partial charge in [0.15, 0.2) is 0 Å². The zero-order chi connectivity index (χ0) is 30.9. The van der Waals surface area contributed by atoms with Crippen LogP contribution in [0, 0.1) is 6.92 Å². The van der Waals surface area contributed by atoms with Crippen molar-refractivity contribution in [2.24, 2.45) is 0 Å². The van der Waals surface area contributed by atoms with Gasteiger partial charge in [0.05, 0.1) is 29.8 Å². The number of nitrogens with one attached hydrogen (secondary N) is 1. The molecule has 0 radical (unpaired) electrons. The molecule has 42 heavy (non-hydrogen) atoms. The first-order valence-electron chi connectivity index (χ1n) is 13.7. The first-order valence-corrected chi connectivity index (χ1v) is 15.5. The third kappa shape index (κ3) is 7.95. The molecule has 0 aliphatic carbocycles. The number of anilines is 1. The first kappa shape index (κ1) is 32.8. The quantitative estimate of drug-likeness (QED) is 0.267. The van der Waals surface area contributed by atoms with Crippen LogP contribution < -0.4 is 19.1 Å². The summed E-state index contributed by atoms with van der Waals surface area (Å²) in [7, 11) is -1.20. The molecule has 2 amide bonds. The van der Waals surface area contributed by atoms with E-state index in [4.69, 9.17) is 21.1 Å². The van der Waals surface area contributed by atoms with Crippen LogP contribution in [0.3, 0.4) is 0 Å². The average molecular weight is 616 g/mol. The van der Waals surface area contributed by atoms with Gasteiger partial charge < -0.3 is 19.7 Å². The van der Waals surface area contributed by atoms with E-state index in [-0.39, 0.29) is 28.1 Å². The standard InChI is InChI=1S/C31H38ClN3O6S/c1-6-18-33-31(37)28(7-2)34(20-23-10-13-25(40-4)14-11-23)30(36)21-35(24-12-17-29(41-5)27(32)19-24)42(38,39)26-15-8-22(3)9-16-26/h8-17,19,28H,6-7,18,20-21H2,1-5H3,(H,33,37). The highest BCUT2D eigenvalue weighted by molar-refractivity contribution is 7.92. The van der Waals surface area contributed by atoms with Crippen LogP contribution in [-0.4, -0.2) is 58.5 Å². The fraction of sp³-hybridized carbons (Fsp3) is 0.355. The maximum atomic E-state index is 14.1. The molecule has 0 aromatic heterocycles. The van der Waals surface area contributed by atoms with Crippen molar-refractivity contribution < 1.29 is 27.5 Å². The molecule has 3 rings (SSSR count). The van der Waals surface area contributed by atoms with Gasteiger partial charge in [-0.05, 0) is 67.8 Å². The second-order valence-electron chi connectivity index (χ2n) is 9.73. The lowest BCUT2D eigenvalue weighted by atomic mass is 10.1. The molecular formula is C31H38ClN3O6S. The molecule has 0 fully saturated rings. The van der Waals surface area contributed by atoms with E-state index in [1.54, 1.807) is 49.6 Å². The number of aryl methyl sites for hydroxylation is 1. The van der Waals surface area contributed by atoms with Gasteiger partial charge in [-0.3, -0.25) is 13.9 Å². The number of methoxy groups -OCH3 is 2. The van der Waals surface area contributed by atoms with Gasteiger partial charge in [-0.25, -0.2) is 8.42 Å². The number of hydrogen-bond donors (Lipinski definition) is 1. The van der Waals surface area contributed by atoms with Crippen LogP contribution in [0.25, 0.3) is 0 Å². The van der Waals surface area contributed by atoms with Crippen molar-refractivity contribution in [1.82, 2.24) is 10.2 Å². The van der Waals surface area contributed by atoms with Crippen LogP contribution in [0.2, 0.25) is 5.02 Å². The van der Waals surface area contributed by atoms with Gasteiger partial charge in [0.1, 0.15) is 24.1 Å². The Balaban J connectivity index is 2.08. The summed E-state index contributed by atoms with van der Waals surface area (Å²) in [4.78, 5) is 28.8. The lowest BCUT2D eigenvalue weighted by Crippen LogP contribution is -2.52. The Labute approximate surface area is 253 Å². The Morgan fingerprint density at radius 1 is 0.952 bits per heavy atom. The van der Waals surface area contributed by atoms with Crippen molar-refractivity contribution in [2.75, 3.05) is 31.6 Å². The number of ether oxygens (including phenoxy) is 2. The average Bonchev–Trinajstić information content (AvgIpc) is 2.99. The molecular weight excluding hydrogens is 578 g/mol. The molecule has 226 valence electrons. The summed E-state index contributed by atoms with van der Waals surface area (Å²) in [6.07, 6.45) is 1.06. The van der Waals surface area contributed by atoms with E-state index in [1.807, 2.05) is 20.8 Å². The molecule has 11 heteroatoms. The normalized spacial score (nSPS) is 11.9. The summed E-state index contributed by atoms with van der Waals surface area (Å²) >= 11 is 6.38. The number of amides is 2. The minimum atomic E-state index is -4.22. The number of hydrogen-bond acceptors (Lipinski definition) is 6. The van der Waals surface area contributed by atoms with Crippen molar-refractivity contribution in [2.45, 2.75) is 51.1 Å². The predicted molar refractivity (Wildman–Crippen MR) is 165 cm³/mol. The third-order valence-corrected chi connectivity index (χ3v) is 8.84. The molecule has 3 aromatic carbocycles. The van der Waals surface area contributed by atoms with Crippen LogP contribution in [0.15, 0.2) is 71.6 Å². The van der Waals surface area contributed by atoms with E-state index < -0.39 is 28.5 Å². The minimum absolute atomic E-state index is 0.0160. The minimum Gasteiger partial charge on any atom is -0.497 e. The van der Waals surface area contributed by atoms with Gasteiger partial charge >= 0.3 is 0 Å². The molecule has 0 heterocycles. The summed E-state index contributed by atoms with van der Waals surface area (Å²) < 4.78 is 39.5. The predicted octanol–water partition coefficient (Wildman–Crippen LogP) is 5.19. The van der Waals surface area contributed by atoms with Crippen molar-refractivity contribution in [1.29, 1.82) is 0 Å². The molecule has 1 N–H and O–H groups in total. The Kier molecular flexibility index (Phi) is 11.6. The van der Waals surface area contributed by atoms with Crippen molar-refractivity contribution in [3.05, 3.63) is 82.9 Å². The molecule has 0 bridgehead atoms. The van der Waals surface area contributed by atoms with Crippen LogP contribution in [0.5, 0.6) is 11.5 Å². The maximum Gasteiger partial charge on any atom is 0.264 e. The molecule has 0 aliphatic heterocycles. The number of halogens is 1. The van der Waals surface area contributed by atoms with E-state index in [9.17, 15) is 18.0 Å². The van der Waals surface area contributed by atoms with Crippen molar-refractivity contribution >= 4 is 39.1 Å². The Hall–Kier alpha value is -3.76. The molecule has 0 spiro atoms. The molecule has 1 unspecified atom stereocenters. The van der Waals surface area contributed by atoms with E-state index in [2.05, 4.69) is 5.32 Å². The number of carbonyl (C=O) groups excluding carboxylic acids is 2. The number of sulfonamides is 1. The Bertz CT molecular complexity index is 1460. The lowest BCUT2D eigenvalue weighted by Gasteiger charge is -2.33. The highest BCUT2D eigenvalue weighted by Gasteiger charge is 2.34. The lowest BCUT2D eigenvalue weighted by molar-refractivity contribution is -0.140. The Morgan fingerprint density at radius 2 is 1.62 bits per heavy atom. The zero-order valence-electron chi connectivity index (χ0n) is 24.6. The SMILES string of the molecule is CCCNC(=O)C(CC)N(Cc1ccc(OC)cc1)C(=O)CN(c1ccc(OC)c(Cl)c1)S(=O)(=O)c1ccc(C)cc1. The van der Waals surface area contributed by atoms with Gasteiger partial charge in [-0.15, -0.1) is 0 Å². The van der Waals surface area contributed by atoms with Crippen LogP contribution in [0.4, 0.5) is 5.69 Å². The summed E-state index contributed by atoms with van der Waals surface area (Å²) in [5.74, 6) is 0.156. The van der Waals surface area contributed by atoms with Gasteiger partial charge in [-0.2, -0.15) is 0 Å². The molecule has 0 saturated carbocycles. The van der Waals surface area contributed by atoms with Gasteiger partial charge in [-0.1, -0.05) is 55.3 Å². The van der Waals surface area contributed by atoms with Crippen molar-refractivity contribution in [3.8, 4) is 11.5 Å². The molecule has 3 aromatic rings. The number of carbonyl (C=O) groups is 2. The summed E-state index contributed by atoms with van der Waals surface area (Å²) in [6, 6.07) is 17.2. The molecule has 0 saturated heterocycles. The maximum absolute atomic E-state index is 14.1. The number of rotatable bonds is 14. The van der Waals surface area contributed by atoms with Gasteiger partial charge in [0, 0.05) is 13.1 Å². The van der Waals surface area contributed by atoms with E-state index in [0.29, 0.717) is 24.5 Å². The summed E-state index contributed by atoms with van der Waals surface area (Å²) in [5.41, 5.74) is 1.83. The van der Waals surface area contributed by atoms with E-state index >= 15 is 0 Å². The molecule has 1 atom stereocenters. The largest absolute Gasteiger partial charge is 0.497 e. The van der Waals surface area contributed by atoms with Crippen molar-refractivity contribution in [3.63, 3.8) is 0 Å². The molecule has 9 nitrogen and oxygen atoms in total. The fourth-order valence-electron chi connectivity index (χ4n) is 4.39. The second-order valence-corrected chi connectivity index (χ2v) is 12.0. The van der Waals surface area contributed by atoms with E-state index in [0.717, 1.165) is 21.9 Å². The van der Waals surface area contributed by atoms with Gasteiger partial charge in [0.25, 0.3) is 10.0 Å². The fourth-order valence-corrected chi connectivity index (χ4v) is 6.05. The van der Waals surface area contributed by atoms with Crippen LogP contribution >= 0.6 is 11.6 Å². The van der Waals surface area contributed by atoms with Crippen LogP contribution in [-0.2, 0) is 26.2 Å². The first-order chi connectivity index (χ1) is 20.0.